The minimum absolute atomic E-state index is 0.251. The summed E-state index contributed by atoms with van der Waals surface area (Å²) in [7, 11) is 0. The van der Waals surface area contributed by atoms with Crippen molar-refractivity contribution in [2.45, 2.75) is 317 Å². The number of unbranched alkanes of at least 4 members (excludes halogenated alkanes) is 22. The van der Waals surface area contributed by atoms with Gasteiger partial charge in [0.2, 0.25) is 5.91 Å². The molecule has 0 radical (unpaired) electrons. The number of rotatable bonds is 48. The third-order valence-electron chi connectivity index (χ3n) is 16.1. The smallest absolute Gasteiger partial charge is 0.220 e. The SMILES string of the molecule is CC/C=C\C/C=C\C/C=C\C/C=C\C/C=C\CCCCCCCCCC(=O)NC(COC1OC(CO)C(OC2OC(CO)C(OC3OC(CO)C(O)C(O)C3O)C(O)C2O)C(O)C1O)C(O)CCCCCCCCCCCCCCCCCC. The first-order valence-corrected chi connectivity index (χ1v) is 32.5. The van der Waals surface area contributed by atoms with E-state index in [1.165, 1.54) is 77.0 Å². The molecule has 0 aromatic rings. The lowest BCUT2D eigenvalue weighted by atomic mass is 9.96. The van der Waals surface area contributed by atoms with Crippen molar-refractivity contribution >= 4 is 5.91 Å². The second-order valence-corrected chi connectivity index (χ2v) is 23.2. The first-order valence-electron chi connectivity index (χ1n) is 32.5. The van der Waals surface area contributed by atoms with Crippen LogP contribution in [0.25, 0.3) is 0 Å². The predicted octanol–water partition coefficient (Wildman–Crippen LogP) is 7.21. The Kier molecular flexibility index (Phi) is 42.8. The summed E-state index contributed by atoms with van der Waals surface area (Å²) in [6, 6.07) is -0.896. The van der Waals surface area contributed by atoms with Crippen LogP contribution in [0.1, 0.15) is 213 Å². The molecule has 17 atom stereocenters. The minimum Gasteiger partial charge on any atom is -0.394 e. The molecule has 0 aromatic carbocycles. The fourth-order valence-electron chi connectivity index (χ4n) is 10.8. The van der Waals surface area contributed by atoms with Gasteiger partial charge in [-0.15, -0.1) is 0 Å². The molecule has 0 spiro atoms. The molecule has 0 aromatic heterocycles. The van der Waals surface area contributed by atoms with Crippen molar-refractivity contribution in [2.75, 3.05) is 26.4 Å². The Bertz CT molecular complexity index is 1770. The molecule has 1 amide bonds. The van der Waals surface area contributed by atoms with Gasteiger partial charge in [0, 0.05) is 6.42 Å². The van der Waals surface area contributed by atoms with Crippen LogP contribution < -0.4 is 5.32 Å². The van der Waals surface area contributed by atoms with E-state index in [0.29, 0.717) is 12.8 Å². The third-order valence-corrected chi connectivity index (χ3v) is 16.1. The molecule has 3 aliphatic rings. The van der Waals surface area contributed by atoms with Crippen molar-refractivity contribution in [3.8, 4) is 0 Å². The van der Waals surface area contributed by atoms with Gasteiger partial charge in [0.05, 0.1) is 38.6 Å². The number of aliphatic hydroxyl groups is 11. The highest BCUT2D eigenvalue weighted by atomic mass is 16.8. The molecule has 3 heterocycles. The van der Waals surface area contributed by atoms with Crippen LogP contribution in [-0.4, -0.2) is 193 Å². The quantitative estimate of drug-likeness (QED) is 0.0211. The second-order valence-electron chi connectivity index (χ2n) is 23.2. The molecular formula is C65H115NO18. The Labute approximate surface area is 503 Å². The van der Waals surface area contributed by atoms with E-state index in [9.17, 15) is 61.0 Å². The summed E-state index contributed by atoms with van der Waals surface area (Å²) in [5.41, 5.74) is 0. The van der Waals surface area contributed by atoms with Crippen molar-refractivity contribution < 1.29 is 89.4 Å². The Morgan fingerprint density at radius 3 is 1.29 bits per heavy atom. The van der Waals surface area contributed by atoms with Gasteiger partial charge in [-0.2, -0.15) is 0 Å². The van der Waals surface area contributed by atoms with E-state index in [2.05, 4.69) is 79.9 Å². The van der Waals surface area contributed by atoms with Crippen LogP contribution in [0.15, 0.2) is 60.8 Å². The number of allylic oxidation sites excluding steroid dienone is 10. The first kappa shape index (κ1) is 75.7. The first-order chi connectivity index (χ1) is 40.8. The summed E-state index contributed by atoms with van der Waals surface area (Å²) in [6.07, 6.45) is 28.6. The number of carbonyl (C=O) groups is 1. The van der Waals surface area contributed by atoms with Gasteiger partial charge in [0.1, 0.15) is 73.2 Å². The average Bonchev–Trinajstić information content (AvgIpc) is 3.69. The number of aliphatic hydroxyl groups excluding tert-OH is 11. The normalized spacial score (nSPS) is 29.6. The van der Waals surface area contributed by atoms with E-state index in [1.807, 2.05) is 0 Å². The van der Waals surface area contributed by atoms with Crippen LogP contribution in [0.5, 0.6) is 0 Å². The zero-order valence-corrected chi connectivity index (χ0v) is 51.1. The molecule has 3 rings (SSSR count). The van der Waals surface area contributed by atoms with Gasteiger partial charge in [0.25, 0.3) is 0 Å². The fraction of sp³-hybridized carbons (Fsp3) is 0.831. The van der Waals surface area contributed by atoms with Crippen LogP contribution in [-0.2, 0) is 33.2 Å². The molecule has 12 N–H and O–H groups in total. The zero-order valence-electron chi connectivity index (χ0n) is 51.1. The summed E-state index contributed by atoms with van der Waals surface area (Å²) in [6.45, 7) is 1.67. The van der Waals surface area contributed by atoms with E-state index in [1.54, 1.807) is 0 Å². The molecule has 0 aliphatic carbocycles. The number of hydrogen-bond acceptors (Lipinski definition) is 18. The van der Waals surface area contributed by atoms with E-state index in [4.69, 9.17) is 28.4 Å². The van der Waals surface area contributed by atoms with Gasteiger partial charge < -0.3 is 89.9 Å². The van der Waals surface area contributed by atoms with Crippen LogP contribution in [0, 0.1) is 0 Å². The topological polar surface area (TPSA) is 307 Å². The van der Waals surface area contributed by atoms with Crippen LogP contribution in [0.4, 0.5) is 0 Å². The predicted molar refractivity (Wildman–Crippen MR) is 323 cm³/mol. The molecule has 3 fully saturated rings. The van der Waals surface area contributed by atoms with Crippen LogP contribution in [0.3, 0.4) is 0 Å². The van der Waals surface area contributed by atoms with Gasteiger partial charge in [0.15, 0.2) is 18.9 Å². The van der Waals surface area contributed by atoms with Crippen LogP contribution >= 0.6 is 0 Å². The maximum Gasteiger partial charge on any atom is 0.220 e. The highest BCUT2D eigenvalue weighted by molar-refractivity contribution is 5.76. The van der Waals surface area contributed by atoms with Crippen LogP contribution in [0.2, 0.25) is 0 Å². The van der Waals surface area contributed by atoms with Gasteiger partial charge in [-0.1, -0.05) is 209 Å². The largest absolute Gasteiger partial charge is 0.394 e. The monoisotopic (exact) mass is 1200 g/mol. The number of amides is 1. The van der Waals surface area contributed by atoms with Gasteiger partial charge in [-0.3, -0.25) is 4.79 Å². The lowest BCUT2D eigenvalue weighted by Crippen LogP contribution is -2.66. The van der Waals surface area contributed by atoms with Crippen molar-refractivity contribution in [3.05, 3.63) is 60.8 Å². The van der Waals surface area contributed by atoms with Gasteiger partial charge in [-0.05, 0) is 57.8 Å². The Morgan fingerprint density at radius 2 is 0.821 bits per heavy atom. The molecular weight excluding hydrogens is 1080 g/mol. The molecule has 3 aliphatic heterocycles. The Morgan fingerprint density at radius 1 is 0.440 bits per heavy atom. The zero-order chi connectivity index (χ0) is 61.2. The number of nitrogens with one attached hydrogen (secondary N) is 1. The van der Waals surface area contributed by atoms with Crippen molar-refractivity contribution in [2.24, 2.45) is 0 Å². The molecule has 3 saturated heterocycles. The summed E-state index contributed by atoms with van der Waals surface area (Å²) < 4.78 is 34.4. The van der Waals surface area contributed by atoms with Gasteiger partial charge >= 0.3 is 0 Å². The summed E-state index contributed by atoms with van der Waals surface area (Å²) in [4.78, 5) is 13.4. The van der Waals surface area contributed by atoms with Crippen molar-refractivity contribution in [1.29, 1.82) is 0 Å². The summed E-state index contributed by atoms with van der Waals surface area (Å²) >= 11 is 0. The maximum absolute atomic E-state index is 13.4. The second kappa shape index (κ2) is 47.5. The molecule has 0 saturated carbocycles. The molecule has 84 heavy (non-hydrogen) atoms. The number of hydrogen-bond donors (Lipinski definition) is 12. The standard InChI is InChI=1S/C65H115NO18/c1-3-5-7-9-11-13-15-17-19-21-22-23-24-25-26-27-29-31-33-35-37-39-41-43-53(71)66-48(49(70)42-40-38-36-34-32-30-28-20-18-16-14-12-10-8-6-4-2)47-79-63-59(77)56(74)61(51(45-68)81-63)84-65-60(78)57(75)62(52(46-69)82-65)83-64-58(76)55(73)54(72)50(44-67)80-64/h5,7,11,13,17,19,22-23,25-26,48-52,54-65,67-70,72-78H,3-4,6,8-10,12,14-16,18,20-21,24,27-47H2,1-2H3,(H,66,71)/b7-5-,13-11-,19-17-,23-22-,26-25-. The van der Waals surface area contributed by atoms with E-state index < -0.39 is 124 Å². The number of ether oxygens (including phenoxy) is 6. The lowest BCUT2D eigenvalue weighted by Gasteiger charge is -2.48. The molecule has 19 nitrogen and oxygen atoms in total. The van der Waals surface area contributed by atoms with Gasteiger partial charge in [-0.25, -0.2) is 0 Å². The molecule has 19 heteroatoms. The average molecular weight is 1200 g/mol. The third kappa shape index (κ3) is 30.1. The summed E-state index contributed by atoms with van der Waals surface area (Å²) in [5.74, 6) is -0.256. The molecule has 488 valence electrons. The Balaban J connectivity index is 1.46. The van der Waals surface area contributed by atoms with Crippen molar-refractivity contribution in [1.82, 2.24) is 5.32 Å². The minimum atomic E-state index is -1.98. The van der Waals surface area contributed by atoms with E-state index >= 15 is 0 Å². The highest BCUT2D eigenvalue weighted by Gasteiger charge is 2.53. The molecule has 0 bridgehead atoms. The number of carbonyl (C=O) groups excluding carboxylic acids is 1. The van der Waals surface area contributed by atoms with Crippen molar-refractivity contribution in [3.63, 3.8) is 0 Å². The lowest BCUT2D eigenvalue weighted by molar-refractivity contribution is -0.379. The molecule has 17 unspecified atom stereocenters. The summed E-state index contributed by atoms with van der Waals surface area (Å²) in [5, 5.41) is 120. The fourth-order valence-corrected chi connectivity index (χ4v) is 10.8. The van der Waals surface area contributed by atoms with E-state index in [-0.39, 0.29) is 18.9 Å². The maximum atomic E-state index is 13.4. The highest BCUT2D eigenvalue weighted by Crippen LogP contribution is 2.33. The Hall–Kier alpha value is -2.51. The van der Waals surface area contributed by atoms with E-state index in [0.717, 1.165) is 103 Å².